The van der Waals surface area contributed by atoms with Crippen LogP contribution in [0.25, 0.3) is 11.2 Å². The second-order valence-electron chi connectivity index (χ2n) is 5.58. The van der Waals surface area contributed by atoms with Crippen molar-refractivity contribution in [2.24, 2.45) is 7.05 Å². The molecule has 0 saturated carbocycles. The molecule has 1 fully saturated rings. The lowest BCUT2D eigenvalue weighted by Crippen LogP contribution is -2.26. The molecule has 1 aliphatic heterocycles. The summed E-state index contributed by atoms with van der Waals surface area (Å²) in [6.45, 7) is 0. The smallest absolute Gasteiger partial charge is 0.279 e. The molecule has 4 atom stereocenters. The molecule has 0 aliphatic carbocycles. The van der Waals surface area contributed by atoms with Crippen LogP contribution in [0.1, 0.15) is 19.1 Å². The number of nitrogen functional groups attached to an aromatic ring is 1. The van der Waals surface area contributed by atoms with E-state index in [9.17, 15) is 0 Å². The lowest BCUT2D eigenvalue weighted by molar-refractivity contribution is -0.646. The first-order chi connectivity index (χ1) is 13.1. The van der Waals surface area contributed by atoms with Gasteiger partial charge in [-0.2, -0.15) is 23.9 Å². The number of rotatable bonds is 10. The summed E-state index contributed by atoms with van der Waals surface area (Å²) in [5.41, 5.74) is 7.29. The van der Waals surface area contributed by atoms with Crippen molar-refractivity contribution in [1.29, 1.82) is 0 Å². The highest BCUT2D eigenvalue weighted by atomic mass is 32.7. The molecule has 0 spiro atoms. The summed E-state index contributed by atoms with van der Waals surface area (Å²) in [7, 11) is 4.72. The molecule has 150 valence electrons. The van der Waals surface area contributed by atoms with Crippen LogP contribution in [0.15, 0.2) is 6.33 Å². The highest BCUT2D eigenvalue weighted by Crippen LogP contribution is 2.38. The van der Waals surface area contributed by atoms with Gasteiger partial charge in [0.2, 0.25) is 27.5 Å². The van der Waals surface area contributed by atoms with E-state index in [0.717, 1.165) is 24.1 Å². The molecule has 0 amide bonds. The van der Waals surface area contributed by atoms with Crippen molar-refractivity contribution < 1.29 is 33.0 Å². The third-order valence-electron chi connectivity index (χ3n) is 3.89. The highest BCUT2D eigenvalue weighted by Gasteiger charge is 2.34. The predicted octanol–water partition coefficient (Wildman–Crippen LogP) is 1.80. The summed E-state index contributed by atoms with van der Waals surface area (Å²) in [5.74, 6) is 1.42. The number of nitrogens with zero attached hydrogens (tertiary/aromatic N) is 4. The average Bonchev–Trinajstić information content (AvgIpc) is 3.25. The number of aromatic nitrogens is 4. The zero-order valence-corrected chi connectivity index (χ0v) is 17.9. The van der Waals surface area contributed by atoms with E-state index in [-0.39, 0.29) is 35.3 Å². The Labute approximate surface area is 163 Å². The van der Waals surface area contributed by atoms with Crippen molar-refractivity contribution in [3.8, 4) is 5.88 Å². The molecule has 2 aromatic rings. The third kappa shape index (κ3) is 5.16. The van der Waals surface area contributed by atoms with Crippen LogP contribution in [-0.2, 0) is 30.7 Å². The van der Waals surface area contributed by atoms with Crippen LogP contribution in [-0.4, -0.2) is 40.6 Å². The minimum Gasteiger partial charge on any atom is -0.478 e. The molecule has 1 aliphatic rings. The number of fused-ring (bicyclic) bond motifs is 1. The number of ether oxygens (including phenoxy) is 2. The van der Waals surface area contributed by atoms with E-state index < -0.39 is 0 Å². The summed E-state index contributed by atoms with van der Waals surface area (Å²) in [5, 5.41) is 0. The Morgan fingerprint density at radius 3 is 2.96 bits per heavy atom. The van der Waals surface area contributed by atoms with Gasteiger partial charge in [-0.25, -0.2) is 14.1 Å². The molecule has 3 rings (SSSR count). The molecule has 0 bridgehead atoms. The largest absolute Gasteiger partial charge is 0.478 e. The topological polar surface area (TPSA) is 116 Å². The van der Waals surface area contributed by atoms with Gasteiger partial charge in [-0.1, -0.05) is 0 Å². The molecule has 11 nitrogen and oxygen atoms in total. The minimum absolute atomic E-state index is 0.115. The molecule has 0 aromatic carbocycles. The van der Waals surface area contributed by atoms with Crippen molar-refractivity contribution in [3.05, 3.63) is 6.33 Å². The first kappa shape index (κ1) is 20.9. The molecule has 14 heteroatoms. The predicted molar refractivity (Wildman–Crippen MR) is 102 cm³/mol. The van der Waals surface area contributed by atoms with Gasteiger partial charge in [0, 0.05) is 12.2 Å². The molecule has 1 saturated heterocycles. The van der Waals surface area contributed by atoms with Gasteiger partial charge >= 0.3 is 0 Å². The quantitative estimate of drug-likeness (QED) is 0.194. The fourth-order valence-electron chi connectivity index (χ4n) is 2.83. The van der Waals surface area contributed by atoms with E-state index in [4.69, 9.17) is 24.6 Å². The van der Waals surface area contributed by atoms with Gasteiger partial charge in [-0.3, -0.25) is 0 Å². The van der Waals surface area contributed by atoms with Gasteiger partial charge in [0.15, 0.2) is 0 Å². The van der Waals surface area contributed by atoms with Crippen molar-refractivity contribution in [2.75, 3.05) is 25.7 Å². The molecule has 0 radical (unpaired) electrons. The van der Waals surface area contributed by atoms with Crippen LogP contribution in [0.4, 0.5) is 5.95 Å². The first-order valence-electron chi connectivity index (χ1n) is 8.01. The summed E-state index contributed by atoms with van der Waals surface area (Å²) >= 11 is 1.61. The Morgan fingerprint density at radius 2 is 2.19 bits per heavy atom. The van der Waals surface area contributed by atoms with Gasteiger partial charge in [0.05, 0.1) is 27.4 Å². The van der Waals surface area contributed by atoms with Crippen molar-refractivity contribution in [2.45, 2.75) is 25.2 Å². The molecular formula is C13H22N5O6P2S+. The SMILES string of the molecule is COOPOOPSCC1CCC(n2c[n+](C)c3c(OC)nc(N)nc32)O1. The highest BCUT2D eigenvalue weighted by molar-refractivity contribution is 8.48. The van der Waals surface area contributed by atoms with E-state index in [0.29, 0.717) is 11.5 Å². The zero-order valence-electron chi connectivity index (χ0n) is 15.1. The van der Waals surface area contributed by atoms with Gasteiger partial charge < -0.3 is 15.2 Å². The maximum absolute atomic E-state index is 6.18. The van der Waals surface area contributed by atoms with Crippen LogP contribution in [0.2, 0.25) is 0 Å². The van der Waals surface area contributed by atoms with Crippen molar-refractivity contribution in [3.63, 3.8) is 0 Å². The van der Waals surface area contributed by atoms with Crippen molar-refractivity contribution >= 4 is 45.5 Å². The second kappa shape index (κ2) is 10.1. The Morgan fingerprint density at radius 1 is 1.33 bits per heavy atom. The van der Waals surface area contributed by atoms with Crippen LogP contribution in [0.3, 0.4) is 0 Å². The van der Waals surface area contributed by atoms with E-state index in [1.54, 1.807) is 18.5 Å². The number of nitrogens with two attached hydrogens (primary N) is 1. The number of methoxy groups -OCH3 is 1. The zero-order chi connectivity index (χ0) is 19.2. The number of hydrogen-bond donors (Lipinski definition) is 1. The van der Waals surface area contributed by atoms with E-state index in [1.165, 1.54) is 7.11 Å². The molecule has 3 heterocycles. The second-order valence-corrected chi connectivity index (χ2v) is 8.40. The van der Waals surface area contributed by atoms with Crippen LogP contribution in [0.5, 0.6) is 5.88 Å². The number of imidazole rings is 1. The Hall–Kier alpha value is -0.840. The molecule has 2 aromatic heterocycles. The van der Waals surface area contributed by atoms with Crippen LogP contribution < -0.4 is 15.0 Å². The van der Waals surface area contributed by atoms with Gasteiger partial charge in [0.25, 0.3) is 17.0 Å². The Bertz CT molecular complexity index is 768. The maximum Gasteiger partial charge on any atom is 0.279 e. The number of anilines is 1. The van der Waals surface area contributed by atoms with Gasteiger partial charge in [-0.05, 0) is 6.42 Å². The van der Waals surface area contributed by atoms with E-state index in [1.807, 2.05) is 22.5 Å². The van der Waals surface area contributed by atoms with E-state index >= 15 is 0 Å². The standard InChI is InChI=1S/C13H22N5O6P2S/c1-17-7-18(11-10(17)12(19-2)16-13(14)15-11)9-5-4-8(21-9)6-27-26-24-23-25-22-20-3/h7-9,25-26H,4-6H2,1-3H3,(H2,14,15,16)/q+1. The summed E-state index contributed by atoms with van der Waals surface area (Å²) in [6.07, 6.45) is 3.76. The van der Waals surface area contributed by atoms with Gasteiger partial charge in [-0.15, -0.1) is 11.4 Å². The molecule has 2 N–H and O–H groups in total. The van der Waals surface area contributed by atoms with E-state index in [2.05, 4.69) is 19.5 Å². The van der Waals surface area contributed by atoms with Crippen molar-refractivity contribution in [1.82, 2.24) is 14.5 Å². The number of aryl methyl sites for hydroxylation is 1. The Balaban J connectivity index is 1.57. The molecular weight excluding hydrogens is 416 g/mol. The van der Waals surface area contributed by atoms with Crippen LogP contribution >= 0.6 is 28.4 Å². The number of hydrogen-bond acceptors (Lipinski definition) is 10. The van der Waals surface area contributed by atoms with Crippen LogP contribution in [0, 0.1) is 0 Å². The lowest BCUT2D eigenvalue weighted by Gasteiger charge is -2.11. The Kier molecular flexibility index (Phi) is 7.80. The summed E-state index contributed by atoms with van der Waals surface area (Å²) < 4.78 is 29.8. The fraction of sp³-hybridized carbons (Fsp3) is 0.615. The van der Waals surface area contributed by atoms with Gasteiger partial charge in [0.1, 0.15) is 8.01 Å². The lowest BCUT2D eigenvalue weighted by atomic mass is 10.2. The average molecular weight is 438 g/mol. The fourth-order valence-corrected chi connectivity index (χ4v) is 4.95. The molecule has 4 unspecified atom stereocenters. The first-order valence-corrected chi connectivity index (χ1v) is 11.4. The maximum atomic E-state index is 6.18. The normalized spacial score (nSPS) is 20.7. The minimum atomic E-state index is -0.302. The monoisotopic (exact) mass is 438 g/mol. The summed E-state index contributed by atoms with van der Waals surface area (Å²) in [6, 6.07) is 0. The third-order valence-corrected chi connectivity index (χ3v) is 6.31. The summed E-state index contributed by atoms with van der Waals surface area (Å²) in [4.78, 5) is 12.9. The molecule has 27 heavy (non-hydrogen) atoms.